The summed E-state index contributed by atoms with van der Waals surface area (Å²) in [5.74, 6) is 0. The summed E-state index contributed by atoms with van der Waals surface area (Å²) in [4.78, 5) is 0. The molecule has 19 heavy (non-hydrogen) atoms. The van der Waals surface area contributed by atoms with Gasteiger partial charge in [-0.15, -0.1) is 0 Å². The van der Waals surface area contributed by atoms with E-state index in [2.05, 4.69) is 52.0 Å². The lowest BCUT2D eigenvalue weighted by Crippen LogP contribution is -1.91. The number of rotatable bonds is 2. The predicted octanol–water partition coefficient (Wildman–Crippen LogP) is 5.58. The largest absolute Gasteiger partial charge is 0.0798 e. The maximum Gasteiger partial charge on any atom is -0.00172 e. The summed E-state index contributed by atoms with van der Waals surface area (Å²) in [7, 11) is 0. The summed E-state index contributed by atoms with van der Waals surface area (Å²) in [6.07, 6.45) is 12.7. The highest BCUT2D eigenvalue weighted by atomic mass is 14.3. The Balaban J connectivity index is 1.82. The first-order valence-electron chi connectivity index (χ1n) is 7.20. The Hall–Kier alpha value is -1.56. The molecule has 0 N–H and O–H groups in total. The third kappa shape index (κ3) is 2.10. The lowest BCUT2D eigenvalue weighted by Gasteiger charge is -2.10. The van der Waals surface area contributed by atoms with Crippen molar-refractivity contribution in [3.8, 4) is 0 Å². The molecule has 0 amide bonds. The molecule has 0 saturated heterocycles. The molecule has 0 nitrogen and oxygen atoms in total. The van der Waals surface area contributed by atoms with Crippen LogP contribution in [0.15, 0.2) is 68.9 Å². The molecule has 3 aliphatic carbocycles. The van der Waals surface area contributed by atoms with Crippen LogP contribution in [0.1, 0.15) is 47.0 Å². The highest BCUT2D eigenvalue weighted by Crippen LogP contribution is 2.41. The first-order valence-corrected chi connectivity index (χ1v) is 7.20. The van der Waals surface area contributed by atoms with E-state index in [0.29, 0.717) is 0 Å². The van der Waals surface area contributed by atoms with Crippen molar-refractivity contribution >= 4 is 0 Å². The molecule has 0 fully saturated rings. The Morgan fingerprint density at radius 3 is 2.00 bits per heavy atom. The second kappa shape index (κ2) is 4.52. The van der Waals surface area contributed by atoms with E-state index in [0.717, 1.165) is 19.3 Å². The lowest BCUT2D eigenvalue weighted by molar-refractivity contribution is 1.06. The molecule has 0 aromatic carbocycles. The summed E-state index contributed by atoms with van der Waals surface area (Å²) >= 11 is 0. The van der Waals surface area contributed by atoms with Gasteiger partial charge in [0.05, 0.1) is 0 Å². The van der Waals surface area contributed by atoms with Gasteiger partial charge in [0, 0.05) is 0 Å². The van der Waals surface area contributed by atoms with Crippen LogP contribution in [0.25, 0.3) is 0 Å². The minimum atomic E-state index is 1.12. The number of hydrogen-bond acceptors (Lipinski definition) is 0. The summed E-state index contributed by atoms with van der Waals surface area (Å²) < 4.78 is 0. The van der Waals surface area contributed by atoms with E-state index in [1.807, 2.05) is 0 Å². The van der Waals surface area contributed by atoms with Gasteiger partial charge in [0.2, 0.25) is 0 Å². The highest BCUT2D eigenvalue weighted by Gasteiger charge is 2.22. The van der Waals surface area contributed by atoms with Gasteiger partial charge in [0.1, 0.15) is 0 Å². The van der Waals surface area contributed by atoms with Gasteiger partial charge in [0.15, 0.2) is 0 Å². The molecule has 0 heterocycles. The fourth-order valence-electron chi connectivity index (χ4n) is 3.34. The van der Waals surface area contributed by atoms with Crippen LogP contribution >= 0.6 is 0 Å². The quantitative estimate of drug-likeness (QED) is 0.600. The fraction of sp³-hybridized carbons (Fsp3) is 0.368. The monoisotopic (exact) mass is 250 g/mol. The zero-order valence-electron chi connectivity index (χ0n) is 12.4. The van der Waals surface area contributed by atoms with E-state index in [9.17, 15) is 0 Å². The van der Waals surface area contributed by atoms with Gasteiger partial charge in [-0.05, 0) is 80.4 Å². The maximum atomic E-state index is 2.41. The van der Waals surface area contributed by atoms with Crippen LogP contribution in [0.4, 0.5) is 0 Å². The normalized spacial score (nSPS) is 22.9. The van der Waals surface area contributed by atoms with Gasteiger partial charge in [0.25, 0.3) is 0 Å². The van der Waals surface area contributed by atoms with Crippen LogP contribution in [-0.2, 0) is 0 Å². The van der Waals surface area contributed by atoms with E-state index in [-0.39, 0.29) is 0 Å². The van der Waals surface area contributed by atoms with Crippen LogP contribution in [0.5, 0.6) is 0 Å². The molecular weight excluding hydrogens is 228 g/mol. The van der Waals surface area contributed by atoms with Crippen molar-refractivity contribution < 1.29 is 0 Å². The summed E-state index contributed by atoms with van der Waals surface area (Å²) in [5, 5.41) is 0. The molecule has 0 saturated carbocycles. The molecule has 0 aromatic rings. The molecule has 0 unspecified atom stereocenters. The Labute approximate surface area is 116 Å². The Morgan fingerprint density at radius 2 is 1.42 bits per heavy atom. The molecule has 98 valence electrons. The van der Waals surface area contributed by atoms with Crippen LogP contribution in [0.2, 0.25) is 0 Å². The smallest absolute Gasteiger partial charge is 0.00172 e. The van der Waals surface area contributed by atoms with Gasteiger partial charge < -0.3 is 0 Å². The molecule has 0 radical (unpaired) electrons. The first-order chi connectivity index (χ1) is 9.06. The van der Waals surface area contributed by atoms with E-state index in [4.69, 9.17) is 0 Å². The highest BCUT2D eigenvalue weighted by molar-refractivity contribution is 5.60. The molecule has 3 aliphatic rings. The third-order valence-corrected chi connectivity index (χ3v) is 4.69. The van der Waals surface area contributed by atoms with E-state index in [1.54, 1.807) is 16.7 Å². The van der Waals surface area contributed by atoms with Crippen molar-refractivity contribution in [2.24, 2.45) is 0 Å². The SMILES string of the molecule is CC1=C(C)CC(C2=C(C)C=C(C3=C(C)C=CC3)C2)=C1. The Morgan fingerprint density at radius 1 is 0.737 bits per heavy atom. The van der Waals surface area contributed by atoms with E-state index in [1.165, 1.54) is 27.9 Å². The molecule has 0 aromatic heterocycles. The minimum absolute atomic E-state index is 1.12. The van der Waals surface area contributed by atoms with Crippen molar-refractivity contribution in [1.29, 1.82) is 0 Å². The van der Waals surface area contributed by atoms with Crippen LogP contribution < -0.4 is 0 Å². The summed E-state index contributed by atoms with van der Waals surface area (Å²) in [6, 6.07) is 0. The van der Waals surface area contributed by atoms with Crippen LogP contribution in [0, 0.1) is 0 Å². The molecule has 0 bridgehead atoms. The maximum absolute atomic E-state index is 2.41. The molecule has 0 spiro atoms. The van der Waals surface area contributed by atoms with Gasteiger partial charge in [-0.2, -0.15) is 0 Å². The van der Waals surface area contributed by atoms with Gasteiger partial charge in [-0.25, -0.2) is 0 Å². The Kier molecular flexibility index (Phi) is 2.97. The van der Waals surface area contributed by atoms with Crippen molar-refractivity contribution in [3.63, 3.8) is 0 Å². The first kappa shape index (κ1) is 12.5. The minimum Gasteiger partial charge on any atom is -0.0798 e. The molecule has 3 rings (SSSR count). The zero-order chi connectivity index (χ0) is 13.6. The van der Waals surface area contributed by atoms with Crippen molar-refractivity contribution in [1.82, 2.24) is 0 Å². The van der Waals surface area contributed by atoms with Gasteiger partial charge in [-0.3, -0.25) is 0 Å². The molecule has 0 atom stereocenters. The number of hydrogen-bond donors (Lipinski definition) is 0. The van der Waals surface area contributed by atoms with Gasteiger partial charge >= 0.3 is 0 Å². The third-order valence-electron chi connectivity index (χ3n) is 4.69. The van der Waals surface area contributed by atoms with E-state index < -0.39 is 0 Å². The van der Waals surface area contributed by atoms with Gasteiger partial charge in [-0.1, -0.05) is 35.5 Å². The standard InChI is InChI=1S/C19H22/c1-12-6-5-7-18(12)17-10-15(4)19(11-17)16-8-13(2)14(3)9-16/h5-6,8,10H,7,9,11H2,1-4H3. The second-order valence-electron chi connectivity index (χ2n) is 6.09. The topological polar surface area (TPSA) is 0 Å². The van der Waals surface area contributed by atoms with Crippen molar-refractivity contribution in [3.05, 3.63) is 68.9 Å². The lowest BCUT2D eigenvalue weighted by atomic mass is 9.95. The second-order valence-corrected chi connectivity index (χ2v) is 6.09. The number of allylic oxidation sites excluding steroid dienone is 12. The predicted molar refractivity (Wildman–Crippen MR) is 82.9 cm³/mol. The van der Waals surface area contributed by atoms with Crippen molar-refractivity contribution in [2.75, 3.05) is 0 Å². The van der Waals surface area contributed by atoms with Crippen LogP contribution in [0.3, 0.4) is 0 Å². The van der Waals surface area contributed by atoms with Crippen LogP contribution in [-0.4, -0.2) is 0 Å². The average Bonchev–Trinajstić information content (AvgIpc) is 3.01. The summed E-state index contributed by atoms with van der Waals surface area (Å²) in [5.41, 5.74) is 12.1. The average molecular weight is 250 g/mol. The zero-order valence-corrected chi connectivity index (χ0v) is 12.4. The van der Waals surface area contributed by atoms with Crippen molar-refractivity contribution in [2.45, 2.75) is 47.0 Å². The molecular formula is C19H22. The van der Waals surface area contributed by atoms with E-state index >= 15 is 0 Å². The molecule has 0 heteroatoms. The molecule has 0 aliphatic heterocycles. The summed E-state index contributed by atoms with van der Waals surface area (Å²) in [6.45, 7) is 8.99. The fourth-order valence-corrected chi connectivity index (χ4v) is 3.34. The Bertz CT molecular complexity index is 625.